The first kappa shape index (κ1) is 17.1. The number of hydrogen-bond acceptors (Lipinski definition) is 5. The highest BCUT2D eigenvalue weighted by Crippen LogP contribution is 2.40. The van der Waals surface area contributed by atoms with Crippen molar-refractivity contribution in [2.24, 2.45) is 0 Å². The van der Waals surface area contributed by atoms with E-state index in [2.05, 4.69) is 22.0 Å². The summed E-state index contributed by atoms with van der Waals surface area (Å²) < 4.78 is 13.2. The Hall–Kier alpha value is -2.38. The van der Waals surface area contributed by atoms with Gasteiger partial charge in [-0.3, -0.25) is 4.90 Å². The predicted octanol–water partition coefficient (Wildman–Crippen LogP) is 1.87. The summed E-state index contributed by atoms with van der Waals surface area (Å²) in [5, 5.41) is 9.43. The molecule has 1 saturated heterocycles. The van der Waals surface area contributed by atoms with Crippen molar-refractivity contribution in [3.05, 3.63) is 48.0 Å². The fourth-order valence-corrected chi connectivity index (χ4v) is 3.93. The fourth-order valence-electron chi connectivity index (χ4n) is 3.93. The number of aliphatic carboxylic acids is 1. The molecule has 4 rings (SSSR count). The van der Waals surface area contributed by atoms with Crippen molar-refractivity contribution in [3.63, 3.8) is 0 Å². The molecule has 1 N–H and O–H groups in total. The Labute approximate surface area is 152 Å². The molecule has 1 fully saturated rings. The van der Waals surface area contributed by atoms with Crippen LogP contribution in [0, 0.1) is 0 Å². The Balaban J connectivity index is 1.46. The van der Waals surface area contributed by atoms with Gasteiger partial charge in [-0.05, 0) is 30.5 Å². The first-order chi connectivity index (χ1) is 12.6. The lowest BCUT2D eigenvalue weighted by atomic mass is 9.88. The summed E-state index contributed by atoms with van der Waals surface area (Å²) in [4.78, 5) is 18.3. The predicted molar refractivity (Wildman–Crippen MR) is 93.9 cm³/mol. The standard InChI is InChI=1S/C19H23N3O4/c1-25-15-4-2-14(3-5-15)12-21-9-6-19(7-10-21)18-20-8-11-22(18)13-16(26-19)17(23)24/h2-5,8,11,16H,6-7,9-10,12-13H2,1H3,(H,23,24). The highest BCUT2D eigenvalue weighted by atomic mass is 16.5. The van der Waals surface area contributed by atoms with Crippen LogP contribution < -0.4 is 4.74 Å². The molecule has 1 unspecified atom stereocenters. The normalized spacial score (nSPS) is 22.1. The molecule has 0 amide bonds. The van der Waals surface area contributed by atoms with Crippen molar-refractivity contribution in [3.8, 4) is 5.75 Å². The van der Waals surface area contributed by atoms with Crippen molar-refractivity contribution >= 4 is 5.97 Å². The summed E-state index contributed by atoms with van der Waals surface area (Å²) >= 11 is 0. The first-order valence-corrected chi connectivity index (χ1v) is 8.87. The molecule has 0 saturated carbocycles. The van der Waals surface area contributed by atoms with Gasteiger partial charge in [0.05, 0.1) is 13.7 Å². The van der Waals surface area contributed by atoms with E-state index in [0.29, 0.717) is 6.54 Å². The third kappa shape index (κ3) is 3.08. The Bertz CT molecular complexity index is 778. The molecule has 0 radical (unpaired) electrons. The van der Waals surface area contributed by atoms with E-state index < -0.39 is 17.7 Å². The van der Waals surface area contributed by atoms with E-state index >= 15 is 0 Å². The SMILES string of the molecule is COc1ccc(CN2CCC3(CC2)OC(C(=O)O)Cn2ccnc23)cc1. The van der Waals surface area contributed by atoms with Crippen LogP contribution in [-0.2, 0) is 28.2 Å². The lowest BCUT2D eigenvalue weighted by Gasteiger charge is -2.45. The molecule has 26 heavy (non-hydrogen) atoms. The van der Waals surface area contributed by atoms with Gasteiger partial charge in [0.1, 0.15) is 17.2 Å². The van der Waals surface area contributed by atoms with Crippen LogP contribution in [0.15, 0.2) is 36.7 Å². The maximum atomic E-state index is 11.5. The Morgan fingerprint density at radius 3 is 2.73 bits per heavy atom. The van der Waals surface area contributed by atoms with E-state index in [0.717, 1.165) is 44.0 Å². The molecule has 1 spiro atoms. The summed E-state index contributed by atoms with van der Waals surface area (Å²) in [6, 6.07) is 8.10. The molecule has 7 nitrogen and oxygen atoms in total. The van der Waals surface area contributed by atoms with Gasteiger partial charge in [0, 0.05) is 32.0 Å². The van der Waals surface area contributed by atoms with Gasteiger partial charge in [-0.2, -0.15) is 0 Å². The van der Waals surface area contributed by atoms with Gasteiger partial charge in [-0.1, -0.05) is 12.1 Å². The number of imidazole rings is 1. The molecule has 7 heteroatoms. The molecule has 2 aromatic rings. The number of carbonyl (C=O) groups is 1. The number of piperidine rings is 1. The van der Waals surface area contributed by atoms with Gasteiger partial charge in [-0.25, -0.2) is 9.78 Å². The largest absolute Gasteiger partial charge is 0.497 e. The first-order valence-electron chi connectivity index (χ1n) is 8.87. The summed E-state index contributed by atoms with van der Waals surface area (Å²) in [6.07, 6.45) is 4.24. The number of hydrogen-bond donors (Lipinski definition) is 1. The minimum absolute atomic E-state index is 0.321. The zero-order chi connectivity index (χ0) is 18.1. The minimum Gasteiger partial charge on any atom is -0.497 e. The van der Waals surface area contributed by atoms with Crippen molar-refractivity contribution in [1.82, 2.24) is 14.5 Å². The van der Waals surface area contributed by atoms with Crippen molar-refractivity contribution in [1.29, 1.82) is 0 Å². The van der Waals surface area contributed by atoms with Gasteiger partial charge < -0.3 is 19.1 Å². The molecule has 0 bridgehead atoms. The molecule has 138 valence electrons. The number of aromatic nitrogens is 2. The monoisotopic (exact) mass is 357 g/mol. The number of benzene rings is 1. The Kier molecular flexibility index (Phi) is 4.42. The van der Waals surface area contributed by atoms with Crippen LogP contribution in [0.1, 0.15) is 24.2 Å². The number of nitrogens with zero attached hydrogens (tertiary/aromatic N) is 3. The smallest absolute Gasteiger partial charge is 0.334 e. The maximum Gasteiger partial charge on any atom is 0.334 e. The number of methoxy groups -OCH3 is 1. The Morgan fingerprint density at radius 2 is 2.08 bits per heavy atom. The average molecular weight is 357 g/mol. The zero-order valence-corrected chi connectivity index (χ0v) is 14.8. The van der Waals surface area contributed by atoms with Crippen molar-refractivity contribution in [2.45, 2.75) is 37.6 Å². The van der Waals surface area contributed by atoms with E-state index in [4.69, 9.17) is 9.47 Å². The number of carboxylic acids is 1. The van der Waals surface area contributed by atoms with Crippen LogP contribution in [0.2, 0.25) is 0 Å². The zero-order valence-electron chi connectivity index (χ0n) is 14.8. The van der Waals surface area contributed by atoms with E-state index in [1.165, 1.54) is 5.56 Å². The van der Waals surface area contributed by atoms with Crippen LogP contribution in [0.5, 0.6) is 5.75 Å². The molecule has 1 aromatic heterocycles. The average Bonchev–Trinajstić information content (AvgIpc) is 3.14. The maximum absolute atomic E-state index is 11.5. The minimum atomic E-state index is -0.913. The lowest BCUT2D eigenvalue weighted by molar-refractivity contribution is -0.186. The van der Waals surface area contributed by atoms with Gasteiger partial charge in [-0.15, -0.1) is 0 Å². The third-order valence-corrected chi connectivity index (χ3v) is 5.36. The molecule has 3 heterocycles. The molecule has 1 aromatic carbocycles. The van der Waals surface area contributed by atoms with Crippen molar-refractivity contribution < 1.29 is 19.4 Å². The van der Waals surface area contributed by atoms with Crippen LogP contribution in [0.25, 0.3) is 0 Å². The van der Waals surface area contributed by atoms with Crippen LogP contribution >= 0.6 is 0 Å². The van der Waals surface area contributed by atoms with Gasteiger partial charge in [0.15, 0.2) is 6.10 Å². The number of carboxylic acid groups (broad SMARTS) is 1. The molecule has 1 atom stereocenters. The second-order valence-electron chi connectivity index (χ2n) is 6.97. The summed E-state index contributed by atoms with van der Waals surface area (Å²) in [6.45, 7) is 2.86. The van der Waals surface area contributed by atoms with E-state index in [9.17, 15) is 9.90 Å². The van der Waals surface area contributed by atoms with Crippen LogP contribution in [0.3, 0.4) is 0 Å². The molecular formula is C19H23N3O4. The van der Waals surface area contributed by atoms with Crippen molar-refractivity contribution in [2.75, 3.05) is 20.2 Å². The van der Waals surface area contributed by atoms with E-state index in [1.54, 1.807) is 13.3 Å². The molecule has 2 aliphatic heterocycles. The summed E-state index contributed by atoms with van der Waals surface area (Å²) in [5.74, 6) is 0.803. The second kappa shape index (κ2) is 6.74. The Morgan fingerprint density at radius 1 is 1.35 bits per heavy atom. The van der Waals surface area contributed by atoms with Crippen LogP contribution in [0.4, 0.5) is 0 Å². The van der Waals surface area contributed by atoms with Gasteiger partial charge in [0.25, 0.3) is 0 Å². The topological polar surface area (TPSA) is 76.8 Å². The lowest BCUT2D eigenvalue weighted by Crippen LogP contribution is -2.52. The molecule has 2 aliphatic rings. The number of likely N-dealkylation sites (tertiary alicyclic amines) is 1. The highest BCUT2D eigenvalue weighted by molar-refractivity contribution is 5.72. The third-order valence-electron chi connectivity index (χ3n) is 5.36. The van der Waals surface area contributed by atoms with Crippen LogP contribution in [-0.4, -0.2) is 51.8 Å². The number of rotatable bonds is 4. The van der Waals surface area contributed by atoms with E-state index in [-0.39, 0.29) is 0 Å². The fraction of sp³-hybridized carbons (Fsp3) is 0.474. The molecule has 0 aliphatic carbocycles. The summed E-state index contributed by atoms with van der Waals surface area (Å²) in [5.41, 5.74) is 0.637. The number of ether oxygens (including phenoxy) is 2. The quantitative estimate of drug-likeness (QED) is 0.900. The molecular weight excluding hydrogens is 334 g/mol. The second-order valence-corrected chi connectivity index (χ2v) is 6.97. The highest BCUT2D eigenvalue weighted by Gasteiger charge is 2.47. The summed E-state index contributed by atoms with van der Waals surface area (Å²) in [7, 11) is 1.66. The van der Waals surface area contributed by atoms with Gasteiger partial charge in [0.2, 0.25) is 0 Å². The van der Waals surface area contributed by atoms with E-state index in [1.807, 2.05) is 22.9 Å². The number of fused-ring (bicyclic) bond motifs is 2. The van der Waals surface area contributed by atoms with Gasteiger partial charge >= 0.3 is 5.97 Å².